The number of carbonyl (C=O) groups is 2. The van der Waals surface area contributed by atoms with Crippen molar-refractivity contribution in [2.45, 2.75) is 19.3 Å². The second kappa shape index (κ2) is 7.53. The van der Waals surface area contributed by atoms with E-state index in [0.29, 0.717) is 19.4 Å². The number of aliphatic carboxylic acids is 1. The Balaban J connectivity index is 2.43. The van der Waals surface area contributed by atoms with Crippen LogP contribution in [0.2, 0.25) is 0 Å². The SMILES string of the molecule is CN(C)CCC(=O)Nc1ccc(CCC(=O)O)cc1. The van der Waals surface area contributed by atoms with Crippen LogP contribution in [0, 0.1) is 0 Å². The van der Waals surface area contributed by atoms with Gasteiger partial charge in [0.15, 0.2) is 0 Å². The molecule has 0 aliphatic rings. The van der Waals surface area contributed by atoms with E-state index >= 15 is 0 Å². The quantitative estimate of drug-likeness (QED) is 0.784. The molecule has 0 aliphatic carbocycles. The maximum Gasteiger partial charge on any atom is 0.303 e. The number of rotatable bonds is 7. The fraction of sp³-hybridized carbons (Fsp3) is 0.429. The zero-order valence-corrected chi connectivity index (χ0v) is 11.3. The molecule has 0 radical (unpaired) electrons. The summed E-state index contributed by atoms with van der Waals surface area (Å²) in [6, 6.07) is 7.27. The molecule has 19 heavy (non-hydrogen) atoms. The van der Waals surface area contributed by atoms with Gasteiger partial charge in [-0.3, -0.25) is 9.59 Å². The van der Waals surface area contributed by atoms with Crippen LogP contribution in [0.1, 0.15) is 18.4 Å². The van der Waals surface area contributed by atoms with E-state index in [-0.39, 0.29) is 12.3 Å². The van der Waals surface area contributed by atoms with E-state index in [0.717, 1.165) is 11.3 Å². The number of nitrogens with zero attached hydrogens (tertiary/aromatic N) is 1. The predicted octanol–water partition coefficient (Wildman–Crippen LogP) is 1.59. The average Bonchev–Trinajstić information content (AvgIpc) is 2.35. The van der Waals surface area contributed by atoms with Crippen molar-refractivity contribution in [3.63, 3.8) is 0 Å². The largest absolute Gasteiger partial charge is 0.481 e. The maximum atomic E-state index is 11.6. The molecule has 0 saturated heterocycles. The van der Waals surface area contributed by atoms with Crippen LogP contribution >= 0.6 is 0 Å². The van der Waals surface area contributed by atoms with Gasteiger partial charge in [-0.25, -0.2) is 0 Å². The van der Waals surface area contributed by atoms with Gasteiger partial charge in [-0.2, -0.15) is 0 Å². The smallest absolute Gasteiger partial charge is 0.303 e. The van der Waals surface area contributed by atoms with Gasteiger partial charge in [-0.1, -0.05) is 12.1 Å². The second-order valence-electron chi connectivity index (χ2n) is 4.69. The highest BCUT2D eigenvalue weighted by atomic mass is 16.4. The van der Waals surface area contributed by atoms with Gasteiger partial charge >= 0.3 is 5.97 Å². The molecule has 0 spiro atoms. The van der Waals surface area contributed by atoms with Crippen LogP contribution in [-0.4, -0.2) is 42.5 Å². The summed E-state index contributed by atoms with van der Waals surface area (Å²) in [5, 5.41) is 11.4. The van der Waals surface area contributed by atoms with E-state index in [1.165, 1.54) is 0 Å². The number of aryl methyl sites for hydroxylation is 1. The van der Waals surface area contributed by atoms with Gasteiger partial charge in [0.1, 0.15) is 0 Å². The van der Waals surface area contributed by atoms with Crippen molar-refractivity contribution in [2.24, 2.45) is 0 Å². The van der Waals surface area contributed by atoms with Crippen molar-refractivity contribution in [1.82, 2.24) is 4.90 Å². The molecular weight excluding hydrogens is 244 g/mol. The Kier molecular flexibility index (Phi) is 6.02. The highest BCUT2D eigenvalue weighted by molar-refractivity contribution is 5.90. The summed E-state index contributed by atoms with van der Waals surface area (Å²) in [7, 11) is 3.84. The van der Waals surface area contributed by atoms with Crippen LogP contribution in [-0.2, 0) is 16.0 Å². The molecule has 0 saturated carbocycles. The first-order chi connectivity index (χ1) is 8.97. The Morgan fingerprint density at radius 1 is 1.16 bits per heavy atom. The summed E-state index contributed by atoms with van der Waals surface area (Å²) in [5.41, 5.74) is 1.69. The summed E-state index contributed by atoms with van der Waals surface area (Å²) in [6.45, 7) is 0.711. The van der Waals surface area contributed by atoms with Crippen molar-refractivity contribution in [3.8, 4) is 0 Å². The monoisotopic (exact) mass is 264 g/mol. The average molecular weight is 264 g/mol. The van der Waals surface area contributed by atoms with Crippen molar-refractivity contribution < 1.29 is 14.7 Å². The summed E-state index contributed by atoms with van der Waals surface area (Å²) >= 11 is 0. The second-order valence-corrected chi connectivity index (χ2v) is 4.69. The van der Waals surface area contributed by atoms with Crippen LogP contribution < -0.4 is 5.32 Å². The first-order valence-corrected chi connectivity index (χ1v) is 6.22. The van der Waals surface area contributed by atoms with Gasteiger partial charge in [0.2, 0.25) is 5.91 Å². The molecule has 1 aromatic carbocycles. The Bertz CT molecular complexity index is 427. The minimum atomic E-state index is -0.805. The van der Waals surface area contributed by atoms with Gasteiger partial charge in [-0.05, 0) is 38.2 Å². The number of hydrogen-bond donors (Lipinski definition) is 2. The highest BCUT2D eigenvalue weighted by Gasteiger charge is 2.04. The molecule has 5 nitrogen and oxygen atoms in total. The molecule has 2 N–H and O–H groups in total. The number of carbonyl (C=O) groups excluding carboxylic acids is 1. The molecule has 0 heterocycles. The van der Waals surface area contributed by atoms with Gasteiger partial charge in [0.05, 0.1) is 0 Å². The first kappa shape index (κ1) is 15.2. The molecule has 0 aromatic heterocycles. The number of benzene rings is 1. The van der Waals surface area contributed by atoms with E-state index in [1.807, 2.05) is 31.1 Å². The third kappa shape index (κ3) is 6.57. The van der Waals surface area contributed by atoms with Crippen LogP contribution in [0.25, 0.3) is 0 Å². The molecule has 0 bridgehead atoms. The molecule has 0 atom stereocenters. The van der Waals surface area contributed by atoms with E-state index in [4.69, 9.17) is 5.11 Å². The highest BCUT2D eigenvalue weighted by Crippen LogP contribution is 2.11. The maximum absolute atomic E-state index is 11.6. The summed E-state index contributed by atoms with van der Waals surface area (Å²) in [4.78, 5) is 24.0. The van der Waals surface area contributed by atoms with Gasteiger partial charge in [0.25, 0.3) is 0 Å². The number of carboxylic acid groups (broad SMARTS) is 1. The molecule has 5 heteroatoms. The third-order valence-corrected chi connectivity index (χ3v) is 2.65. The number of carboxylic acids is 1. The minimum Gasteiger partial charge on any atom is -0.481 e. The van der Waals surface area contributed by atoms with Crippen LogP contribution in [0.15, 0.2) is 24.3 Å². The Hall–Kier alpha value is -1.88. The van der Waals surface area contributed by atoms with E-state index < -0.39 is 5.97 Å². The lowest BCUT2D eigenvalue weighted by atomic mass is 10.1. The predicted molar refractivity (Wildman–Crippen MR) is 74.2 cm³/mol. The molecular formula is C14H20N2O3. The number of amides is 1. The Morgan fingerprint density at radius 3 is 2.32 bits per heavy atom. The van der Waals surface area contributed by atoms with E-state index in [2.05, 4.69) is 5.32 Å². The zero-order valence-electron chi connectivity index (χ0n) is 11.3. The molecule has 1 rings (SSSR count). The zero-order chi connectivity index (χ0) is 14.3. The van der Waals surface area contributed by atoms with E-state index in [1.54, 1.807) is 12.1 Å². The Morgan fingerprint density at radius 2 is 1.79 bits per heavy atom. The molecule has 0 fully saturated rings. The summed E-state index contributed by atoms with van der Waals surface area (Å²) in [5.74, 6) is -0.826. The first-order valence-electron chi connectivity index (χ1n) is 6.22. The van der Waals surface area contributed by atoms with Crippen LogP contribution in [0.5, 0.6) is 0 Å². The normalized spacial score (nSPS) is 10.5. The lowest BCUT2D eigenvalue weighted by Crippen LogP contribution is -2.20. The summed E-state index contributed by atoms with van der Waals surface area (Å²) in [6.07, 6.45) is 1.08. The van der Waals surface area contributed by atoms with E-state index in [9.17, 15) is 9.59 Å². The topological polar surface area (TPSA) is 69.6 Å². The number of nitrogens with one attached hydrogen (secondary N) is 1. The standard InChI is InChI=1S/C14H20N2O3/c1-16(2)10-9-13(17)15-12-6-3-11(4-7-12)5-8-14(18)19/h3-4,6-7H,5,8-10H2,1-2H3,(H,15,17)(H,18,19). The summed E-state index contributed by atoms with van der Waals surface area (Å²) < 4.78 is 0. The molecule has 0 unspecified atom stereocenters. The number of anilines is 1. The van der Waals surface area contributed by atoms with Gasteiger partial charge in [-0.15, -0.1) is 0 Å². The number of hydrogen-bond acceptors (Lipinski definition) is 3. The van der Waals surface area contributed by atoms with Crippen molar-refractivity contribution in [1.29, 1.82) is 0 Å². The lowest BCUT2D eigenvalue weighted by molar-refractivity contribution is -0.137. The van der Waals surface area contributed by atoms with Crippen molar-refractivity contribution in [3.05, 3.63) is 29.8 Å². The molecule has 1 amide bonds. The van der Waals surface area contributed by atoms with Gasteiger partial charge in [0, 0.05) is 25.1 Å². The third-order valence-electron chi connectivity index (χ3n) is 2.65. The molecule has 104 valence electrons. The van der Waals surface area contributed by atoms with Crippen LogP contribution in [0.4, 0.5) is 5.69 Å². The van der Waals surface area contributed by atoms with Crippen molar-refractivity contribution in [2.75, 3.05) is 26.0 Å². The fourth-order valence-electron chi connectivity index (χ4n) is 1.55. The molecule has 1 aromatic rings. The Labute approximate surface area is 113 Å². The lowest BCUT2D eigenvalue weighted by Gasteiger charge is -2.10. The molecule has 0 aliphatic heterocycles. The minimum absolute atomic E-state index is 0.0213. The van der Waals surface area contributed by atoms with Crippen LogP contribution in [0.3, 0.4) is 0 Å². The van der Waals surface area contributed by atoms with Gasteiger partial charge < -0.3 is 15.3 Å². The fourth-order valence-corrected chi connectivity index (χ4v) is 1.55. The van der Waals surface area contributed by atoms with Crippen molar-refractivity contribution >= 4 is 17.6 Å².